The molecule has 0 spiro atoms. The van der Waals surface area contributed by atoms with Gasteiger partial charge < -0.3 is 4.62 Å². The summed E-state index contributed by atoms with van der Waals surface area (Å²) in [4.78, 5) is 0. The highest BCUT2D eigenvalue weighted by molar-refractivity contribution is 7.74. The number of rotatable bonds is 6. The van der Waals surface area contributed by atoms with Crippen LogP contribution in [0, 0.1) is 0 Å². The monoisotopic (exact) mass is 353 g/mol. The molecule has 0 atom stereocenters. The van der Waals surface area contributed by atoms with Crippen molar-refractivity contribution < 1.29 is 13.6 Å². The van der Waals surface area contributed by atoms with Crippen LogP contribution in [0.1, 0.15) is 5.56 Å². The Hall–Kier alpha value is -2.71. The molecular formula is C20H17FNO2P. The van der Waals surface area contributed by atoms with Crippen LogP contribution < -0.4 is 10.6 Å². The Balaban J connectivity index is 2.02. The zero-order chi connectivity index (χ0) is 17.5. The van der Waals surface area contributed by atoms with E-state index in [1.165, 1.54) is 0 Å². The third kappa shape index (κ3) is 3.86. The molecule has 0 aliphatic rings. The van der Waals surface area contributed by atoms with Crippen molar-refractivity contribution in [3.05, 3.63) is 96.6 Å². The molecule has 3 aromatic carbocycles. The third-order valence-electron chi connectivity index (χ3n) is 3.69. The zero-order valence-electron chi connectivity index (χ0n) is 13.5. The maximum Gasteiger partial charge on any atom is 0.330 e. The second-order valence-corrected chi connectivity index (χ2v) is 7.64. The summed E-state index contributed by atoms with van der Waals surface area (Å²) < 4.78 is 32.6. The molecule has 0 unspecified atom stereocenters. The number of hydrogen-bond acceptors (Lipinski definition) is 3. The van der Waals surface area contributed by atoms with Gasteiger partial charge in [0.25, 0.3) is 0 Å². The van der Waals surface area contributed by atoms with Gasteiger partial charge in [0.05, 0.1) is 10.6 Å². The number of halogens is 1. The summed E-state index contributed by atoms with van der Waals surface area (Å²) in [6.07, 6.45) is 0. The van der Waals surface area contributed by atoms with Gasteiger partial charge in [-0.05, 0) is 24.3 Å². The van der Waals surface area contributed by atoms with Crippen molar-refractivity contribution in [1.29, 1.82) is 0 Å². The van der Waals surface area contributed by atoms with E-state index in [0.29, 0.717) is 16.2 Å². The molecule has 3 nitrogen and oxygen atoms in total. The van der Waals surface area contributed by atoms with Crippen molar-refractivity contribution in [1.82, 2.24) is 0 Å². The summed E-state index contributed by atoms with van der Waals surface area (Å²) in [6.45, 7) is -0.812. The van der Waals surface area contributed by atoms with E-state index in [2.05, 4.69) is 5.16 Å². The van der Waals surface area contributed by atoms with Gasteiger partial charge in [0.2, 0.25) is 0 Å². The van der Waals surface area contributed by atoms with Gasteiger partial charge in [-0.15, -0.1) is 0 Å². The second kappa shape index (κ2) is 7.91. The van der Waals surface area contributed by atoms with Crippen molar-refractivity contribution >= 4 is 23.7 Å². The van der Waals surface area contributed by atoms with E-state index in [-0.39, 0.29) is 5.71 Å². The molecule has 0 aliphatic heterocycles. The average Bonchev–Trinajstić information content (AvgIpc) is 2.70. The van der Waals surface area contributed by atoms with Crippen LogP contribution >= 0.6 is 7.37 Å². The Labute approximate surface area is 146 Å². The lowest BCUT2D eigenvalue weighted by molar-refractivity contribution is 0.346. The zero-order valence-corrected chi connectivity index (χ0v) is 14.4. The maximum absolute atomic E-state index is 13.6. The molecule has 0 aromatic heterocycles. The minimum atomic E-state index is -3.47. The van der Waals surface area contributed by atoms with Crippen molar-refractivity contribution in [3.8, 4) is 0 Å². The van der Waals surface area contributed by atoms with Crippen LogP contribution in [0.15, 0.2) is 96.2 Å². The van der Waals surface area contributed by atoms with Crippen LogP contribution in [0.25, 0.3) is 0 Å². The molecule has 0 saturated carbocycles. The topological polar surface area (TPSA) is 38.7 Å². The SMILES string of the molecule is O=P(O/N=C(\CF)c1ccccc1)(c1ccccc1)c1ccccc1. The van der Waals surface area contributed by atoms with Gasteiger partial charge in [-0.2, -0.15) is 0 Å². The Bertz CT molecular complexity index is 840. The first-order valence-electron chi connectivity index (χ1n) is 7.82. The van der Waals surface area contributed by atoms with Crippen molar-refractivity contribution in [2.75, 3.05) is 6.67 Å². The first-order valence-corrected chi connectivity index (χ1v) is 9.45. The van der Waals surface area contributed by atoms with Crippen LogP contribution in [0.3, 0.4) is 0 Å². The molecule has 25 heavy (non-hydrogen) atoms. The predicted octanol–water partition coefficient (Wildman–Crippen LogP) is 4.31. The fourth-order valence-corrected chi connectivity index (χ4v) is 4.21. The highest BCUT2D eigenvalue weighted by Crippen LogP contribution is 2.45. The van der Waals surface area contributed by atoms with E-state index in [1.807, 2.05) is 18.2 Å². The number of hydrogen-bond donors (Lipinski definition) is 0. The smallest absolute Gasteiger partial charge is 0.330 e. The van der Waals surface area contributed by atoms with Crippen LogP contribution in [0.5, 0.6) is 0 Å². The highest BCUT2D eigenvalue weighted by atomic mass is 31.2. The van der Waals surface area contributed by atoms with Crippen LogP contribution in [-0.2, 0) is 9.19 Å². The summed E-state index contributed by atoms with van der Waals surface area (Å²) >= 11 is 0. The molecule has 3 rings (SSSR count). The lowest BCUT2D eigenvalue weighted by Crippen LogP contribution is -2.17. The molecule has 0 radical (unpaired) electrons. The lowest BCUT2D eigenvalue weighted by atomic mass is 10.1. The lowest BCUT2D eigenvalue weighted by Gasteiger charge is -2.17. The van der Waals surface area contributed by atoms with Gasteiger partial charge in [0.15, 0.2) is 0 Å². The van der Waals surface area contributed by atoms with E-state index < -0.39 is 14.0 Å². The molecule has 126 valence electrons. The van der Waals surface area contributed by atoms with Crippen LogP contribution in [0.2, 0.25) is 0 Å². The summed E-state index contributed by atoms with van der Waals surface area (Å²) in [5.74, 6) is 0. The van der Waals surface area contributed by atoms with Gasteiger partial charge in [-0.1, -0.05) is 71.9 Å². The fourth-order valence-electron chi connectivity index (χ4n) is 2.38. The van der Waals surface area contributed by atoms with Crippen molar-refractivity contribution in [2.45, 2.75) is 0 Å². The quantitative estimate of drug-likeness (QED) is 0.376. The van der Waals surface area contributed by atoms with Crippen LogP contribution in [-0.4, -0.2) is 12.4 Å². The molecular weight excluding hydrogens is 336 g/mol. The Morgan fingerprint density at radius 3 is 1.68 bits per heavy atom. The van der Waals surface area contributed by atoms with Gasteiger partial charge in [0, 0.05) is 5.56 Å². The minimum Gasteiger partial charge on any atom is -0.330 e. The Morgan fingerprint density at radius 1 is 0.800 bits per heavy atom. The molecule has 0 bridgehead atoms. The first-order chi connectivity index (χ1) is 12.2. The number of oxime groups is 1. The molecule has 0 N–H and O–H groups in total. The normalized spacial score (nSPS) is 12.0. The molecule has 0 fully saturated rings. The van der Waals surface area contributed by atoms with E-state index in [1.54, 1.807) is 72.8 Å². The number of alkyl halides is 1. The second-order valence-electron chi connectivity index (χ2n) is 5.34. The summed E-state index contributed by atoms with van der Waals surface area (Å²) in [5.41, 5.74) is 0.699. The Kier molecular flexibility index (Phi) is 5.42. The van der Waals surface area contributed by atoms with E-state index in [0.717, 1.165) is 0 Å². The standard InChI is InChI=1S/C20H17FNO2P/c21-16-20(17-10-4-1-5-11-17)22-24-25(23,18-12-6-2-7-13-18)19-14-8-3-9-15-19/h1-15H,16H2/b22-20+. The minimum absolute atomic E-state index is 0.104. The fraction of sp³-hybridized carbons (Fsp3) is 0.0500. The predicted molar refractivity (Wildman–Crippen MR) is 99.8 cm³/mol. The van der Waals surface area contributed by atoms with Crippen molar-refractivity contribution in [2.24, 2.45) is 5.16 Å². The molecule has 5 heteroatoms. The first kappa shape index (κ1) is 17.1. The highest BCUT2D eigenvalue weighted by Gasteiger charge is 2.30. The molecule has 0 heterocycles. The van der Waals surface area contributed by atoms with Gasteiger partial charge in [-0.25, -0.2) is 4.39 Å². The summed E-state index contributed by atoms with van der Waals surface area (Å²) in [5, 5.41) is 4.94. The average molecular weight is 353 g/mol. The summed E-state index contributed by atoms with van der Waals surface area (Å²) in [6, 6.07) is 26.6. The van der Waals surface area contributed by atoms with Crippen LogP contribution in [0.4, 0.5) is 4.39 Å². The molecule has 3 aromatic rings. The van der Waals surface area contributed by atoms with E-state index in [9.17, 15) is 8.96 Å². The largest absolute Gasteiger partial charge is 0.330 e. The number of benzene rings is 3. The molecule has 0 amide bonds. The third-order valence-corrected chi connectivity index (χ3v) is 5.96. The summed E-state index contributed by atoms with van der Waals surface area (Å²) in [7, 11) is -3.47. The molecule has 0 aliphatic carbocycles. The Morgan fingerprint density at radius 2 is 1.24 bits per heavy atom. The maximum atomic E-state index is 13.6. The van der Waals surface area contributed by atoms with E-state index in [4.69, 9.17) is 4.62 Å². The van der Waals surface area contributed by atoms with E-state index >= 15 is 0 Å². The van der Waals surface area contributed by atoms with Gasteiger partial charge in [-0.3, -0.25) is 4.57 Å². The van der Waals surface area contributed by atoms with Crippen molar-refractivity contribution in [3.63, 3.8) is 0 Å². The number of nitrogens with zero attached hydrogens (tertiary/aromatic N) is 1. The van der Waals surface area contributed by atoms with Gasteiger partial charge >= 0.3 is 7.37 Å². The van der Waals surface area contributed by atoms with Gasteiger partial charge in [0.1, 0.15) is 12.4 Å². The molecule has 0 saturated heterocycles.